The molecule has 0 saturated carbocycles. The van der Waals surface area contributed by atoms with Crippen molar-refractivity contribution in [3.63, 3.8) is 0 Å². The van der Waals surface area contributed by atoms with Crippen LogP contribution in [0.5, 0.6) is 0 Å². The Morgan fingerprint density at radius 1 is 1.29 bits per heavy atom. The summed E-state index contributed by atoms with van der Waals surface area (Å²) < 4.78 is 48.7. The molecule has 1 saturated heterocycles. The van der Waals surface area contributed by atoms with Gasteiger partial charge in [0.1, 0.15) is 5.82 Å². The minimum atomic E-state index is -4.39. The summed E-state index contributed by atoms with van der Waals surface area (Å²) in [5.74, 6) is 0.121. The predicted octanol–water partition coefficient (Wildman–Crippen LogP) is 2.82. The first kappa shape index (κ1) is 18.3. The Balaban J connectivity index is 2.02. The van der Waals surface area contributed by atoms with E-state index in [2.05, 4.69) is 9.72 Å². The minimum absolute atomic E-state index is 0.140. The quantitative estimate of drug-likeness (QED) is 0.621. The lowest BCUT2D eigenvalue weighted by Gasteiger charge is -2.42. The predicted molar refractivity (Wildman–Crippen MR) is 82.5 cm³/mol. The van der Waals surface area contributed by atoms with Gasteiger partial charge in [-0.25, -0.2) is 9.78 Å². The number of ether oxygens (including phenoxy) is 2. The lowest BCUT2D eigenvalue weighted by atomic mass is 9.90. The fraction of sp³-hybridized carbons (Fsp3) is 0.500. The van der Waals surface area contributed by atoms with Gasteiger partial charge < -0.3 is 14.4 Å². The fourth-order valence-electron chi connectivity index (χ4n) is 2.62. The number of nitrogens with zero attached hydrogens (tertiary/aromatic N) is 2. The van der Waals surface area contributed by atoms with Crippen molar-refractivity contribution in [3.05, 3.63) is 30.0 Å². The van der Waals surface area contributed by atoms with Crippen LogP contribution in [0.2, 0.25) is 0 Å². The zero-order chi connectivity index (χ0) is 17.8. The van der Waals surface area contributed by atoms with Crippen molar-refractivity contribution < 1.29 is 27.4 Å². The molecule has 2 heterocycles. The van der Waals surface area contributed by atoms with E-state index in [0.717, 1.165) is 7.11 Å². The molecule has 0 bridgehead atoms. The Morgan fingerprint density at radius 2 is 1.96 bits per heavy atom. The maximum Gasteiger partial charge on any atom is 0.417 e. The summed E-state index contributed by atoms with van der Waals surface area (Å²) in [4.78, 5) is 17.1. The molecular weight excluding hydrogens is 325 g/mol. The first-order valence-electron chi connectivity index (χ1n) is 7.40. The van der Waals surface area contributed by atoms with Crippen LogP contribution >= 0.6 is 0 Å². The average Bonchev–Trinajstić information content (AvgIpc) is 2.59. The molecule has 2 rings (SSSR count). The maximum absolute atomic E-state index is 13.2. The number of aromatic nitrogens is 1. The molecule has 0 N–H and O–H groups in total. The number of esters is 1. The van der Waals surface area contributed by atoms with E-state index >= 15 is 0 Å². The molecule has 0 spiro atoms. The van der Waals surface area contributed by atoms with Gasteiger partial charge in [-0.05, 0) is 23.8 Å². The molecule has 24 heavy (non-hydrogen) atoms. The van der Waals surface area contributed by atoms with Crippen LogP contribution in [-0.4, -0.2) is 50.0 Å². The molecule has 132 valence electrons. The van der Waals surface area contributed by atoms with E-state index in [1.807, 2.05) is 0 Å². The van der Waals surface area contributed by atoms with Crippen molar-refractivity contribution in [1.82, 2.24) is 4.98 Å². The van der Waals surface area contributed by atoms with E-state index in [1.54, 1.807) is 29.3 Å². The Hall–Kier alpha value is -2.09. The number of methoxy groups -OCH3 is 2. The van der Waals surface area contributed by atoms with E-state index in [4.69, 9.17) is 4.74 Å². The number of pyridine rings is 1. The molecule has 0 atom stereocenters. The number of hydrogen-bond donors (Lipinski definition) is 0. The highest BCUT2D eigenvalue weighted by Gasteiger charge is 2.56. The standard InChI is InChI=1S/C16H19F3N2O3/c1-23-14(22)6-4-12-3-5-13(20-11-12)21-9-7-15(24-2,8-10-21)16(17,18)19/h3-6,11H,7-10H2,1-2H3. The molecule has 1 aliphatic rings. The van der Waals surface area contributed by atoms with Gasteiger partial charge in [-0.2, -0.15) is 13.2 Å². The highest BCUT2D eigenvalue weighted by atomic mass is 19.4. The van der Waals surface area contributed by atoms with E-state index in [9.17, 15) is 18.0 Å². The molecule has 0 amide bonds. The Morgan fingerprint density at radius 3 is 2.42 bits per heavy atom. The summed E-state index contributed by atoms with van der Waals surface area (Å²) >= 11 is 0. The summed E-state index contributed by atoms with van der Waals surface area (Å²) in [6.07, 6.45) is -0.288. The summed E-state index contributed by atoms with van der Waals surface area (Å²) in [5, 5.41) is 0. The van der Waals surface area contributed by atoms with E-state index in [0.29, 0.717) is 11.4 Å². The zero-order valence-electron chi connectivity index (χ0n) is 13.5. The van der Waals surface area contributed by atoms with Gasteiger partial charge in [0.2, 0.25) is 0 Å². The molecule has 0 unspecified atom stereocenters. The van der Waals surface area contributed by atoms with Crippen molar-refractivity contribution >= 4 is 17.9 Å². The third-order valence-electron chi connectivity index (χ3n) is 4.19. The van der Waals surface area contributed by atoms with E-state index < -0.39 is 17.7 Å². The second-order valence-corrected chi connectivity index (χ2v) is 5.49. The number of carbonyl (C=O) groups excluding carboxylic acids is 1. The third-order valence-corrected chi connectivity index (χ3v) is 4.19. The summed E-state index contributed by atoms with van der Waals surface area (Å²) in [7, 11) is 2.38. The molecular formula is C16H19F3N2O3. The summed E-state index contributed by atoms with van der Waals surface area (Å²) in [6.45, 7) is 0.412. The minimum Gasteiger partial charge on any atom is -0.466 e. The lowest BCUT2D eigenvalue weighted by Crippen LogP contribution is -2.54. The number of anilines is 1. The van der Waals surface area contributed by atoms with Crippen LogP contribution in [0, 0.1) is 0 Å². The molecule has 0 aromatic carbocycles. The van der Waals surface area contributed by atoms with E-state index in [-0.39, 0.29) is 25.9 Å². The van der Waals surface area contributed by atoms with Gasteiger partial charge in [-0.3, -0.25) is 0 Å². The van der Waals surface area contributed by atoms with Crippen LogP contribution in [0.25, 0.3) is 6.08 Å². The maximum atomic E-state index is 13.2. The van der Waals surface area contributed by atoms with Crippen LogP contribution in [0.4, 0.5) is 19.0 Å². The summed E-state index contributed by atoms with van der Waals surface area (Å²) in [6, 6.07) is 3.45. The van der Waals surface area contributed by atoms with Crippen LogP contribution in [0.3, 0.4) is 0 Å². The Bertz CT molecular complexity index is 592. The zero-order valence-corrected chi connectivity index (χ0v) is 13.5. The summed E-state index contributed by atoms with van der Waals surface area (Å²) in [5.41, 5.74) is -1.38. The average molecular weight is 344 g/mol. The van der Waals surface area contributed by atoms with Gasteiger partial charge in [0.25, 0.3) is 0 Å². The molecule has 1 aliphatic heterocycles. The molecule has 5 nitrogen and oxygen atoms in total. The van der Waals surface area contributed by atoms with Gasteiger partial charge in [0.05, 0.1) is 7.11 Å². The van der Waals surface area contributed by atoms with Gasteiger partial charge >= 0.3 is 12.1 Å². The number of hydrogen-bond acceptors (Lipinski definition) is 5. The monoisotopic (exact) mass is 344 g/mol. The third kappa shape index (κ3) is 3.87. The Labute approximate surface area is 138 Å². The van der Waals surface area contributed by atoms with Crippen molar-refractivity contribution in [1.29, 1.82) is 0 Å². The van der Waals surface area contributed by atoms with Crippen LogP contribution in [0.1, 0.15) is 18.4 Å². The first-order valence-corrected chi connectivity index (χ1v) is 7.40. The number of halogens is 3. The highest BCUT2D eigenvalue weighted by Crippen LogP contribution is 2.41. The smallest absolute Gasteiger partial charge is 0.417 e. The highest BCUT2D eigenvalue weighted by molar-refractivity contribution is 5.86. The van der Waals surface area contributed by atoms with Crippen LogP contribution in [-0.2, 0) is 14.3 Å². The first-order chi connectivity index (χ1) is 11.3. The fourth-order valence-corrected chi connectivity index (χ4v) is 2.62. The van der Waals surface area contributed by atoms with Crippen molar-refractivity contribution in [2.24, 2.45) is 0 Å². The number of alkyl halides is 3. The van der Waals surface area contributed by atoms with Gasteiger partial charge in [-0.1, -0.05) is 0 Å². The number of rotatable bonds is 4. The second kappa shape index (κ2) is 7.21. The largest absolute Gasteiger partial charge is 0.466 e. The van der Waals surface area contributed by atoms with Gasteiger partial charge in [-0.15, -0.1) is 0 Å². The number of carbonyl (C=O) groups is 1. The Kier molecular flexibility index (Phi) is 5.48. The molecule has 0 radical (unpaired) electrons. The van der Waals surface area contributed by atoms with Crippen molar-refractivity contribution in [3.8, 4) is 0 Å². The van der Waals surface area contributed by atoms with Crippen LogP contribution in [0.15, 0.2) is 24.4 Å². The van der Waals surface area contributed by atoms with Crippen molar-refractivity contribution in [2.75, 3.05) is 32.2 Å². The van der Waals surface area contributed by atoms with Crippen LogP contribution < -0.4 is 4.90 Å². The number of piperidine rings is 1. The molecule has 1 aromatic heterocycles. The normalized spacial score (nSPS) is 18.0. The molecule has 0 aliphatic carbocycles. The second-order valence-electron chi connectivity index (χ2n) is 5.49. The molecule has 8 heteroatoms. The van der Waals surface area contributed by atoms with Crippen molar-refractivity contribution in [2.45, 2.75) is 24.6 Å². The molecule has 1 aromatic rings. The SMILES string of the molecule is COC(=O)C=Cc1ccc(N2CCC(OC)(C(F)(F)F)CC2)nc1. The molecule has 1 fully saturated rings. The topological polar surface area (TPSA) is 51.7 Å². The lowest BCUT2D eigenvalue weighted by molar-refractivity contribution is -0.276. The van der Waals surface area contributed by atoms with E-state index in [1.165, 1.54) is 13.2 Å². The van der Waals surface area contributed by atoms with Gasteiger partial charge in [0.15, 0.2) is 5.60 Å². The van der Waals surface area contributed by atoms with Gasteiger partial charge in [0, 0.05) is 45.3 Å².